The lowest BCUT2D eigenvalue weighted by molar-refractivity contribution is 0.0951. The van der Waals surface area contributed by atoms with Crippen molar-refractivity contribution in [1.82, 2.24) is 4.90 Å². The van der Waals surface area contributed by atoms with E-state index in [2.05, 4.69) is 41.3 Å². The van der Waals surface area contributed by atoms with Gasteiger partial charge in [0.05, 0.1) is 0 Å². The zero-order valence-electron chi connectivity index (χ0n) is 13.4. The average Bonchev–Trinajstić information content (AvgIpc) is 2.56. The molecule has 2 heterocycles. The van der Waals surface area contributed by atoms with Gasteiger partial charge in [0.1, 0.15) is 5.75 Å². The maximum atomic E-state index is 9.49. The third-order valence-electron chi connectivity index (χ3n) is 5.23. The molecule has 118 valence electrons. The van der Waals surface area contributed by atoms with Crippen molar-refractivity contribution in [3.63, 3.8) is 0 Å². The molecule has 1 fully saturated rings. The van der Waals surface area contributed by atoms with Crippen molar-refractivity contribution in [3.8, 4) is 5.75 Å². The van der Waals surface area contributed by atoms with Crippen molar-refractivity contribution in [2.75, 3.05) is 0 Å². The Labute approximate surface area is 138 Å². The van der Waals surface area contributed by atoms with E-state index in [9.17, 15) is 5.11 Å². The number of benzene rings is 2. The summed E-state index contributed by atoms with van der Waals surface area (Å²) in [5.41, 5.74) is 4.12. The van der Waals surface area contributed by atoms with E-state index in [1.165, 1.54) is 36.0 Å². The summed E-state index contributed by atoms with van der Waals surface area (Å²) in [6.45, 7) is 1.05. The van der Waals surface area contributed by atoms with E-state index in [-0.39, 0.29) is 0 Å². The summed E-state index contributed by atoms with van der Waals surface area (Å²) >= 11 is 0. The molecule has 0 saturated carbocycles. The number of hydrogen-bond acceptors (Lipinski definition) is 2. The predicted octanol–water partition coefficient (Wildman–Crippen LogP) is 4.60. The monoisotopic (exact) mass is 305 g/mol. The Bertz CT molecular complexity index is 690. The number of aromatic hydroxyl groups is 1. The number of nitrogens with zero attached hydrogens (tertiary/aromatic N) is 1. The van der Waals surface area contributed by atoms with Gasteiger partial charge in [-0.3, -0.25) is 4.90 Å². The molecule has 2 aromatic rings. The van der Waals surface area contributed by atoms with Gasteiger partial charge in [0.2, 0.25) is 0 Å². The summed E-state index contributed by atoms with van der Waals surface area (Å²) in [5, 5.41) is 9.49. The number of rotatable bonds is 3. The van der Waals surface area contributed by atoms with Crippen LogP contribution in [-0.4, -0.2) is 22.1 Å². The van der Waals surface area contributed by atoms with Gasteiger partial charge in [0.25, 0.3) is 0 Å². The first-order valence-corrected chi connectivity index (χ1v) is 8.59. The van der Waals surface area contributed by atoms with Gasteiger partial charge in [0, 0.05) is 18.6 Å². The average molecular weight is 305 g/mol. The molecule has 2 aliphatic heterocycles. The van der Waals surface area contributed by atoms with E-state index in [1.54, 1.807) is 12.1 Å². The van der Waals surface area contributed by atoms with E-state index in [0.29, 0.717) is 17.8 Å². The minimum absolute atomic E-state index is 0.344. The lowest BCUT2D eigenvalue weighted by atomic mass is 9.82. The molecular formula is C21H23NO. The highest BCUT2D eigenvalue weighted by molar-refractivity contribution is 5.68. The highest BCUT2D eigenvalue weighted by Gasteiger charge is 2.33. The molecule has 2 unspecified atom stereocenters. The normalized spacial score (nSPS) is 24.3. The van der Waals surface area contributed by atoms with Crippen LogP contribution in [0, 0.1) is 0 Å². The Morgan fingerprint density at radius 3 is 2.48 bits per heavy atom. The zero-order chi connectivity index (χ0) is 15.6. The third kappa shape index (κ3) is 3.04. The van der Waals surface area contributed by atoms with E-state index in [4.69, 9.17) is 0 Å². The molecule has 2 aromatic carbocycles. The highest BCUT2D eigenvalue weighted by Crippen LogP contribution is 2.38. The Morgan fingerprint density at radius 2 is 1.74 bits per heavy atom. The number of phenolic OH excluding ortho intramolecular Hbond substituents is 1. The first-order chi connectivity index (χ1) is 11.3. The smallest absolute Gasteiger partial charge is 0.115 e. The van der Waals surface area contributed by atoms with Crippen LogP contribution in [-0.2, 0) is 6.54 Å². The van der Waals surface area contributed by atoms with Crippen LogP contribution in [0.4, 0.5) is 0 Å². The van der Waals surface area contributed by atoms with Crippen LogP contribution in [0.3, 0.4) is 0 Å². The van der Waals surface area contributed by atoms with Crippen LogP contribution >= 0.6 is 0 Å². The summed E-state index contributed by atoms with van der Waals surface area (Å²) in [6, 6.07) is 19.7. The largest absolute Gasteiger partial charge is 0.508 e. The first kappa shape index (κ1) is 14.5. The van der Waals surface area contributed by atoms with E-state index >= 15 is 0 Å². The summed E-state index contributed by atoms with van der Waals surface area (Å²) in [6.07, 6.45) is 7.46. The number of piperidine rings is 1. The fourth-order valence-corrected chi connectivity index (χ4v) is 4.05. The minimum Gasteiger partial charge on any atom is -0.508 e. The maximum absolute atomic E-state index is 9.49. The number of hydrogen-bond donors (Lipinski definition) is 1. The zero-order valence-corrected chi connectivity index (χ0v) is 13.4. The number of fused-ring (bicyclic) bond motifs is 2. The molecule has 2 nitrogen and oxygen atoms in total. The van der Waals surface area contributed by atoms with E-state index in [0.717, 1.165) is 13.0 Å². The van der Waals surface area contributed by atoms with Gasteiger partial charge in [0.15, 0.2) is 0 Å². The molecule has 0 radical (unpaired) electrons. The van der Waals surface area contributed by atoms with Gasteiger partial charge in [-0.05, 0) is 48.1 Å². The molecule has 2 heteroatoms. The molecule has 4 rings (SSSR count). The van der Waals surface area contributed by atoms with Gasteiger partial charge in [-0.1, -0.05) is 55.0 Å². The Morgan fingerprint density at radius 1 is 0.957 bits per heavy atom. The first-order valence-electron chi connectivity index (χ1n) is 8.59. The summed E-state index contributed by atoms with van der Waals surface area (Å²) < 4.78 is 0. The second kappa shape index (κ2) is 6.21. The van der Waals surface area contributed by atoms with Crippen molar-refractivity contribution in [2.45, 2.75) is 44.3 Å². The van der Waals surface area contributed by atoms with Gasteiger partial charge in [-0.15, -0.1) is 0 Å². The standard InChI is InChI=1S/C21H23NO/c23-21-11-9-17(10-12-21)18-13-19-7-4-8-20(14-18)22(19)15-16-5-2-1-3-6-16/h1-3,5-6,9-13,19-20,23H,4,7-8,14-15H2. The summed E-state index contributed by atoms with van der Waals surface area (Å²) in [7, 11) is 0. The maximum Gasteiger partial charge on any atom is 0.115 e. The van der Waals surface area contributed by atoms with Gasteiger partial charge in [-0.2, -0.15) is 0 Å². The lowest BCUT2D eigenvalue weighted by Crippen LogP contribution is -2.47. The van der Waals surface area contributed by atoms with Crippen molar-refractivity contribution in [2.24, 2.45) is 0 Å². The molecule has 0 aliphatic carbocycles. The second-order valence-corrected chi connectivity index (χ2v) is 6.75. The van der Waals surface area contributed by atoms with Crippen molar-refractivity contribution in [3.05, 3.63) is 71.8 Å². The SMILES string of the molecule is Oc1ccc(C2=CC3CCCC(C2)N3Cc2ccccc2)cc1. The second-order valence-electron chi connectivity index (χ2n) is 6.75. The van der Waals surface area contributed by atoms with E-state index < -0.39 is 0 Å². The molecule has 0 amide bonds. The summed E-state index contributed by atoms with van der Waals surface area (Å²) in [4.78, 5) is 2.68. The van der Waals surface area contributed by atoms with E-state index in [1.807, 2.05) is 12.1 Å². The Kier molecular flexibility index (Phi) is 3.92. The fraction of sp³-hybridized carbons (Fsp3) is 0.333. The van der Waals surface area contributed by atoms with Crippen LogP contribution in [0.15, 0.2) is 60.7 Å². The van der Waals surface area contributed by atoms with Crippen LogP contribution in [0.5, 0.6) is 5.75 Å². The van der Waals surface area contributed by atoms with Crippen LogP contribution < -0.4 is 0 Å². The van der Waals surface area contributed by atoms with Crippen molar-refractivity contribution in [1.29, 1.82) is 0 Å². The topological polar surface area (TPSA) is 23.5 Å². The molecule has 0 aromatic heterocycles. The molecule has 2 aliphatic rings. The molecule has 2 atom stereocenters. The third-order valence-corrected chi connectivity index (χ3v) is 5.23. The van der Waals surface area contributed by atoms with Gasteiger partial charge in [-0.25, -0.2) is 0 Å². The van der Waals surface area contributed by atoms with Gasteiger partial charge < -0.3 is 5.11 Å². The molecule has 23 heavy (non-hydrogen) atoms. The molecule has 2 bridgehead atoms. The molecule has 0 spiro atoms. The Hall–Kier alpha value is -2.06. The van der Waals surface area contributed by atoms with Gasteiger partial charge >= 0.3 is 0 Å². The van der Waals surface area contributed by atoms with Crippen LogP contribution in [0.25, 0.3) is 5.57 Å². The van der Waals surface area contributed by atoms with Crippen LogP contribution in [0.1, 0.15) is 36.8 Å². The predicted molar refractivity (Wildman–Crippen MR) is 94.1 cm³/mol. The fourth-order valence-electron chi connectivity index (χ4n) is 4.05. The molecular weight excluding hydrogens is 282 g/mol. The Balaban J connectivity index is 1.59. The van der Waals surface area contributed by atoms with Crippen molar-refractivity contribution >= 4 is 5.57 Å². The molecule has 1 saturated heterocycles. The highest BCUT2D eigenvalue weighted by atomic mass is 16.3. The molecule has 1 N–H and O–H groups in total. The van der Waals surface area contributed by atoms with Crippen molar-refractivity contribution < 1.29 is 5.11 Å². The quantitative estimate of drug-likeness (QED) is 0.895. The minimum atomic E-state index is 0.344. The lowest BCUT2D eigenvalue weighted by Gasteiger charge is -2.45. The van der Waals surface area contributed by atoms with Crippen LogP contribution in [0.2, 0.25) is 0 Å². The number of phenols is 1. The summed E-state index contributed by atoms with van der Waals surface area (Å²) in [5.74, 6) is 0.344.